The van der Waals surface area contributed by atoms with Gasteiger partial charge < -0.3 is 16.4 Å². The van der Waals surface area contributed by atoms with Gasteiger partial charge >= 0.3 is 0 Å². The number of pyridine rings is 2. The number of amides is 2. The Bertz CT molecular complexity index is 2000. The van der Waals surface area contributed by atoms with Crippen LogP contribution in [0.5, 0.6) is 0 Å². The minimum atomic E-state index is -0.165. The van der Waals surface area contributed by atoms with E-state index < -0.39 is 0 Å². The third-order valence-electron chi connectivity index (χ3n) is 7.54. The number of imidazole rings is 1. The number of benzene rings is 2. The van der Waals surface area contributed by atoms with E-state index in [2.05, 4.69) is 32.8 Å². The number of aromatic nitrogens is 6. The maximum atomic E-state index is 13.1. The summed E-state index contributed by atoms with van der Waals surface area (Å²) in [7, 11) is 0. The number of rotatable bonds is 6. The third-order valence-corrected chi connectivity index (χ3v) is 7.54. The molecule has 0 bridgehead atoms. The molecule has 2 aromatic carbocycles. The highest BCUT2D eigenvalue weighted by molar-refractivity contribution is 5.95. The minimum Gasteiger partial charge on any atom is -0.383 e. The topological polar surface area (TPSA) is 146 Å². The Hall–Kier alpha value is -5.84. The number of carbonyl (C=O) groups excluding carboxylic acids is 2. The maximum Gasteiger partial charge on any atom is 0.251 e. The molecule has 11 nitrogen and oxygen atoms in total. The monoisotopic (exact) mass is 569 g/mol. The average Bonchev–Trinajstić information content (AvgIpc) is 3.76. The fourth-order valence-corrected chi connectivity index (χ4v) is 5.55. The molecule has 43 heavy (non-hydrogen) atoms. The van der Waals surface area contributed by atoms with Crippen molar-refractivity contribution in [2.75, 3.05) is 11.1 Å². The molecule has 1 aliphatic carbocycles. The van der Waals surface area contributed by atoms with Gasteiger partial charge in [0.1, 0.15) is 11.3 Å². The summed E-state index contributed by atoms with van der Waals surface area (Å²) in [6, 6.07) is 22.3. The van der Waals surface area contributed by atoms with Crippen molar-refractivity contribution >= 4 is 34.5 Å². The summed E-state index contributed by atoms with van der Waals surface area (Å²) in [6.07, 6.45) is 6.79. The fraction of sp³-hybridized carbons (Fsp3) is 0.125. The molecule has 1 atom stereocenters. The van der Waals surface area contributed by atoms with Gasteiger partial charge in [0.2, 0.25) is 5.91 Å². The van der Waals surface area contributed by atoms with E-state index in [4.69, 9.17) is 15.7 Å². The molecule has 0 spiro atoms. The summed E-state index contributed by atoms with van der Waals surface area (Å²) >= 11 is 0. The summed E-state index contributed by atoms with van der Waals surface area (Å²) in [5.74, 6) is 1.35. The van der Waals surface area contributed by atoms with Crippen molar-refractivity contribution in [2.24, 2.45) is 0 Å². The Morgan fingerprint density at radius 3 is 2.60 bits per heavy atom. The Kier molecular flexibility index (Phi) is 6.39. The predicted octanol–water partition coefficient (Wildman–Crippen LogP) is 4.63. The van der Waals surface area contributed by atoms with Crippen LogP contribution in [0.4, 0.5) is 11.5 Å². The van der Waals surface area contributed by atoms with Crippen LogP contribution >= 0.6 is 0 Å². The number of nitrogens with one attached hydrogen (secondary N) is 2. The minimum absolute atomic E-state index is 0.121. The number of nitrogen functional groups attached to an aromatic ring is 1. The first-order valence-electron chi connectivity index (χ1n) is 13.9. The Morgan fingerprint density at radius 2 is 1.84 bits per heavy atom. The van der Waals surface area contributed by atoms with Gasteiger partial charge in [0.15, 0.2) is 17.3 Å². The summed E-state index contributed by atoms with van der Waals surface area (Å²) in [5.41, 5.74) is 12.7. The number of aryl methyl sites for hydroxylation is 1. The number of hydrogen-bond donors (Lipinski definition) is 3. The van der Waals surface area contributed by atoms with Gasteiger partial charge in [0, 0.05) is 42.5 Å². The summed E-state index contributed by atoms with van der Waals surface area (Å²) in [5, 5.41) is 10.2. The average molecular weight is 570 g/mol. The smallest absolute Gasteiger partial charge is 0.251 e. The van der Waals surface area contributed by atoms with Gasteiger partial charge in [-0.15, -0.1) is 0 Å². The van der Waals surface area contributed by atoms with E-state index in [-0.39, 0.29) is 17.9 Å². The number of carbonyl (C=O) groups is 2. The van der Waals surface area contributed by atoms with Crippen molar-refractivity contribution in [2.45, 2.75) is 25.8 Å². The van der Waals surface area contributed by atoms with E-state index in [1.807, 2.05) is 47.2 Å². The molecule has 11 heteroatoms. The van der Waals surface area contributed by atoms with Crippen LogP contribution < -0.4 is 16.4 Å². The molecule has 0 radical (unpaired) electrons. The summed E-state index contributed by atoms with van der Waals surface area (Å²) in [6.45, 7) is 1.45. The summed E-state index contributed by atoms with van der Waals surface area (Å²) < 4.78 is 3.71. The lowest BCUT2D eigenvalue weighted by molar-refractivity contribution is -0.114. The van der Waals surface area contributed by atoms with Crippen LogP contribution in [-0.2, 0) is 11.2 Å². The van der Waals surface area contributed by atoms with Crippen LogP contribution in [0, 0.1) is 0 Å². The zero-order chi connectivity index (χ0) is 29.5. The largest absolute Gasteiger partial charge is 0.383 e. The highest BCUT2D eigenvalue weighted by atomic mass is 16.2. The van der Waals surface area contributed by atoms with Crippen LogP contribution in [0.3, 0.4) is 0 Å². The molecular weight excluding hydrogens is 542 g/mol. The molecule has 0 aliphatic heterocycles. The first-order valence-corrected chi connectivity index (χ1v) is 13.9. The van der Waals surface area contributed by atoms with Crippen LogP contribution in [0.2, 0.25) is 0 Å². The highest BCUT2D eigenvalue weighted by Crippen LogP contribution is 2.36. The molecule has 1 aliphatic rings. The van der Waals surface area contributed by atoms with Crippen LogP contribution in [0.1, 0.15) is 40.9 Å². The summed E-state index contributed by atoms with van der Waals surface area (Å²) in [4.78, 5) is 38.5. The van der Waals surface area contributed by atoms with Crippen LogP contribution in [-0.4, -0.2) is 41.1 Å². The quantitative estimate of drug-likeness (QED) is 0.265. The second-order valence-electron chi connectivity index (χ2n) is 10.4. The van der Waals surface area contributed by atoms with Crippen molar-refractivity contribution in [3.8, 4) is 22.9 Å². The molecule has 4 aromatic heterocycles. The van der Waals surface area contributed by atoms with Crippen molar-refractivity contribution in [3.63, 3.8) is 0 Å². The lowest BCUT2D eigenvalue weighted by Crippen LogP contribution is -2.27. The molecule has 7 rings (SSSR count). The standard InChI is InChI=1S/C32H27N9O2/c1-19(42)36-22-8-5-20(6-9-22)32(43)38-26-12-7-21-18-23(10-11-24(21)26)41-30(25-4-2-15-34-29(25)33)37-27-13-14-28(39-31(27)41)40-17-3-16-35-40/h2-6,8-11,13-18,26H,7,12H2,1H3,(H2,33,34)(H,36,42)(H,38,43)/t26-/m0/s1. The zero-order valence-electron chi connectivity index (χ0n) is 23.2. The molecule has 0 saturated carbocycles. The normalized spacial score (nSPS) is 14.0. The molecule has 6 aromatic rings. The van der Waals surface area contributed by atoms with Gasteiger partial charge in [-0.2, -0.15) is 5.10 Å². The van der Waals surface area contributed by atoms with Crippen molar-refractivity contribution in [1.82, 2.24) is 34.6 Å². The van der Waals surface area contributed by atoms with E-state index in [0.29, 0.717) is 45.4 Å². The lowest BCUT2D eigenvalue weighted by Gasteiger charge is -2.16. The molecule has 0 fully saturated rings. The first kappa shape index (κ1) is 26.1. The first-order chi connectivity index (χ1) is 20.9. The number of hydrogen-bond acceptors (Lipinski definition) is 7. The van der Waals surface area contributed by atoms with Crippen molar-refractivity contribution in [1.29, 1.82) is 0 Å². The Labute approximate surface area is 246 Å². The SMILES string of the molecule is CC(=O)Nc1ccc(C(=O)N[C@H]2CCc3cc(-n4c(-c5cccnc5N)nc5ccc(-n6cccn6)nc54)ccc32)cc1. The number of nitrogens with two attached hydrogens (primary N) is 1. The molecule has 0 saturated heterocycles. The van der Waals surface area contributed by atoms with Crippen molar-refractivity contribution in [3.05, 3.63) is 108 Å². The van der Waals surface area contributed by atoms with E-state index in [9.17, 15) is 9.59 Å². The molecule has 2 amide bonds. The van der Waals surface area contributed by atoms with E-state index in [1.54, 1.807) is 41.3 Å². The van der Waals surface area contributed by atoms with Gasteiger partial charge in [0.25, 0.3) is 5.91 Å². The fourth-order valence-electron chi connectivity index (χ4n) is 5.55. The van der Waals surface area contributed by atoms with E-state index in [0.717, 1.165) is 29.7 Å². The van der Waals surface area contributed by atoms with E-state index >= 15 is 0 Å². The van der Waals surface area contributed by atoms with Crippen LogP contribution in [0.25, 0.3) is 34.1 Å². The van der Waals surface area contributed by atoms with Gasteiger partial charge in [-0.05, 0) is 90.7 Å². The van der Waals surface area contributed by atoms with Gasteiger partial charge in [-0.3, -0.25) is 14.2 Å². The van der Waals surface area contributed by atoms with E-state index in [1.165, 1.54) is 6.92 Å². The molecule has 4 heterocycles. The van der Waals surface area contributed by atoms with Gasteiger partial charge in [-0.25, -0.2) is 19.6 Å². The number of anilines is 2. The molecule has 0 unspecified atom stereocenters. The lowest BCUT2D eigenvalue weighted by atomic mass is 10.1. The van der Waals surface area contributed by atoms with Crippen LogP contribution in [0.15, 0.2) is 91.4 Å². The second kappa shape index (κ2) is 10.5. The number of nitrogens with zero attached hydrogens (tertiary/aromatic N) is 6. The molecule has 4 N–H and O–H groups in total. The second-order valence-corrected chi connectivity index (χ2v) is 10.4. The zero-order valence-corrected chi connectivity index (χ0v) is 23.2. The Morgan fingerprint density at radius 1 is 0.977 bits per heavy atom. The van der Waals surface area contributed by atoms with Gasteiger partial charge in [0.05, 0.1) is 11.6 Å². The predicted molar refractivity (Wildman–Crippen MR) is 163 cm³/mol. The highest BCUT2D eigenvalue weighted by Gasteiger charge is 2.26. The van der Waals surface area contributed by atoms with Gasteiger partial charge in [-0.1, -0.05) is 6.07 Å². The van der Waals surface area contributed by atoms with Crippen molar-refractivity contribution < 1.29 is 9.59 Å². The maximum absolute atomic E-state index is 13.1. The third kappa shape index (κ3) is 4.86. The molecular formula is C32H27N9O2. The Balaban J connectivity index is 1.24. The molecule has 212 valence electrons. The number of fused-ring (bicyclic) bond motifs is 2.